The Labute approximate surface area is 232 Å². The van der Waals surface area contributed by atoms with Gasteiger partial charge in [-0.3, -0.25) is 19.3 Å². The number of hydrogen-bond donors (Lipinski definition) is 2. The number of nitrogens with zero attached hydrogens (tertiary/aromatic N) is 4. The molecule has 212 valence electrons. The maximum atomic E-state index is 13.5. The molecule has 9 heteroatoms. The molecule has 2 aliphatic rings. The van der Waals surface area contributed by atoms with Gasteiger partial charge >= 0.3 is 0 Å². The molecule has 3 amide bonds. The second kappa shape index (κ2) is 11.9. The van der Waals surface area contributed by atoms with Gasteiger partial charge in [-0.15, -0.1) is 0 Å². The van der Waals surface area contributed by atoms with Gasteiger partial charge in [0.05, 0.1) is 11.4 Å². The Kier molecular flexibility index (Phi) is 8.79. The van der Waals surface area contributed by atoms with Crippen molar-refractivity contribution in [2.24, 2.45) is 5.92 Å². The van der Waals surface area contributed by atoms with Crippen LogP contribution in [0.2, 0.25) is 0 Å². The normalized spacial score (nSPS) is 19.6. The molecule has 0 bridgehead atoms. The number of likely N-dealkylation sites (tertiary alicyclic amines) is 1. The highest BCUT2D eigenvalue weighted by molar-refractivity contribution is 6.00. The quantitative estimate of drug-likeness (QED) is 0.512. The van der Waals surface area contributed by atoms with Crippen LogP contribution in [0.5, 0.6) is 0 Å². The first-order valence-corrected chi connectivity index (χ1v) is 14.3. The number of carbonyl (C=O) groups excluding carboxylic acids is 3. The van der Waals surface area contributed by atoms with Crippen LogP contribution in [-0.4, -0.2) is 75.6 Å². The van der Waals surface area contributed by atoms with E-state index in [0.29, 0.717) is 37.3 Å². The summed E-state index contributed by atoms with van der Waals surface area (Å²) in [6.07, 6.45) is 3.83. The number of unbranched alkanes of at least 4 members (excludes halogenated alkanes) is 1. The number of amides is 3. The van der Waals surface area contributed by atoms with Gasteiger partial charge in [0.2, 0.25) is 11.8 Å². The third-order valence-electron chi connectivity index (χ3n) is 8.36. The molecule has 2 aromatic rings. The van der Waals surface area contributed by atoms with E-state index in [9.17, 15) is 14.4 Å². The molecule has 0 radical (unpaired) electrons. The van der Waals surface area contributed by atoms with Gasteiger partial charge in [-0.1, -0.05) is 27.2 Å². The lowest BCUT2D eigenvalue weighted by Crippen LogP contribution is -2.73. The van der Waals surface area contributed by atoms with Crippen LogP contribution < -0.4 is 10.6 Å². The lowest BCUT2D eigenvalue weighted by Gasteiger charge is -2.52. The van der Waals surface area contributed by atoms with Crippen LogP contribution in [0.4, 0.5) is 0 Å². The van der Waals surface area contributed by atoms with Crippen LogP contribution in [0.1, 0.15) is 80.2 Å². The van der Waals surface area contributed by atoms with Gasteiger partial charge in [-0.25, -0.2) is 4.68 Å². The molecule has 9 nitrogen and oxygen atoms in total. The summed E-state index contributed by atoms with van der Waals surface area (Å²) < 4.78 is 1.93. The topological polar surface area (TPSA) is 99.6 Å². The third kappa shape index (κ3) is 5.73. The smallest absolute Gasteiger partial charge is 0.251 e. The van der Waals surface area contributed by atoms with Gasteiger partial charge in [0.25, 0.3) is 5.91 Å². The van der Waals surface area contributed by atoms with Crippen LogP contribution in [0.15, 0.2) is 24.3 Å². The van der Waals surface area contributed by atoms with E-state index in [1.165, 1.54) is 5.56 Å². The standard InChI is InChI=1S/C30H44N6O3/c1-7-8-15-35-28(38)26(18-20(2)3)32-29(39)30(35)13-16-34(17-14-30)19-25-21(4)33-36(22(25)5)24-11-9-23(10-12-24)27(37)31-6/h9-12,20,26H,7-8,13-19H2,1-6H3,(H,31,37)(H,32,39)/t26-/m0/s1. The predicted molar refractivity (Wildman–Crippen MR) is 152 cm³/mol. The van der Waals surface area contributed by atoms with E-state index < -0.39 is 11.6 Å². The van der Waals surface area contributed by atoms with E-state index in [0.717, 1.165) is 49.6 Å². The number of carbonyl (C=O) groups is 3. The zero-order chi connectivity index (χ0) is 28.3. The SMILES string of the molecule is CCCCN1C(=O)[C@H](CC(C)C)NC(=O)C12CCN(Cc1c(C)nn(-c3ccc(C(=O)NC)cc3)c1C)CC2. The number of benzene rings is 1. The molecule has 3 heterocycles. The lowest BCUT2D eigenvalue weighted by atomic mass is 9.80. The fourth-order valence-corrected chi connectivity index (χ4v) is 6.00. The van der Waals surface area contributed by atoms with Gasteiger partial charge in [-0.2, -0.15) is 5.10 Å². The minimum Gasteiger partial charge on any atom is -0.355 e. The van der Waals surface area contributed by atoms with Gasteiger partial charge in [0, 0.05) is 50.0 Å². The highest BCUT2D eigenvalue weighted by Gasteiger charge is 2.53. The highest BCUT2D eigenvalue weighted by Crippen LogP contribution is 2.35. The van der Waals surface area contributed by atoms with Crippen molar-refractivity contribution in [1.29, 1.82) is 0 Å². The summed E-state index contributed by atoms with van der Waals surface area (Å²) >= 11 is 0. The number of aryl methyl sites for hydroxylation is 1. The summed E-state index contributed by atoms with van der Waals surface area (Å²) in [5.41, 5.74) is 3.97. The predicted octanol–water partition coefficient (Wildman–Crippen LogP) is 3.36. The fourth-order valence-electron chi connectivity index (χ4n) is 6.00. The van der Waals surface area contributed by atoms with Crippen LogP contribution in [0, 0.1) is 19.8 Å². The van der Waals surface area contributed by atoms with Crippen LogP contribution in [0.3, 0.4) is 0 Å². The summed E-state index contributed by atoms with van der Waals surface area (Å²) in [5, 5.41) is 10.5. The third-order valence-corrected chi connectivity index (χ3v) is 8.36. The number of piperazine rings is 1. The number of hydrogen-bond acceptors (Lipinski definition) is 5. The van der Waals surface area contributed by atoms with Gasteiger partial charge in [0.1, 0.15) is 11.6 Å². The molecule has 1 aromatic carbocycles. The van der Waals surface area contributed by atoms with Crippen molar-refractivity contribution < 1.29 is 14.4 Å². The number of piperidine rings is 1. The first-order valence-electron chi connectivity index (χ1n) is 14.3. The van der Waals surface area contributed by atoms with E-state index in [-0.39, 0.29) is 17.7 Å². The van der Waals surface area contributed by atoms with Gasteiger partial charge < -0.3 is 15.5 Å². The molecule has 1 atom stereocenters. The maximum Gasteiger partial charge on any atom is 0.251 e. The largest absolute Gasteiger partial charge is 0.355 e. The van der Waals surface area contributed by atoms with E-state index in [1.54, 1.807) is 19.2 Å². The molecular weight excluding hydrogens is 492 g/mol. The van der Waals surface area contributed by atoms with E-state index in [4.69, 9.17) is 5.10 Å². The number of aromatic nitrogens is 2. The summed E-state index contributed by atoms with van der Waals surface area (Å²) in [6, 6.07) is 7.02. The molecule has 0 saturated carbocycles. The van der Waals surface area contributed by atoms with E-state index in [1.807, 2.05) is 28.6 Å². The molecule has 2 N–H and O–H groups in total. The summed E-state index contributed by atoms with van der Waals surface area (Å²) in [6.45, 7) is 13.3. The summed E-state index contributed by atoms with van der Waals surface area (Å²) in [4.78, 5) is 43.3. The first-order chi connectivity index (χ1) is 18.6. The maximum absolute atomic E-state index is 13.5. The molecule has 2 aliphatic heterocycles. The Morgan fingerprint density at radius 3 is 2.41 bits per heavy atom. The Balaban J connectivity index is 1.48. The lowest BCUT2D eigenvalue weighted by molar-refractivity contribution is -0.161. The van der Waals surface area contributed by atoms with Crippen molar-refractivity contribution in [1.82, 2.24) is 30.2 Å². The average molecular weight is 537 g/mol. The van der Waals surface area contributed by atoms with E-state index in [2.05, 4.69) is 43.2 Å². The first kappa shape index (κ1) is 28.8. The zero-order valence-corrected chi connectivity index (χ0v) is 24.3. The van der Waals surface area contributed by atoms with E-state index >= 15 is 0 Å². The molecule has 2 saturated heterocycles. The fraction of sp³-hybridized carbons (Fsp3) is 0.600. The molecule has 39 heavy (non-hydrogen) atoms. The molecule has 2 fully saturated rings. The molecule has 4 rings (SSSR count). The second-order valence-electron chi connectivity index (χ2n) is 11.5. The van der Waals surface area contributed by atoms with Crippen molar-refractivity contribution >= 4 is 17.7 Å². The number of nitrogens with one attached hydrogen (secondary N) is 2. The van der Waals surface area contributed by atoms with Crippen LogP contribution in [0.25, 0.3) is 5.69 Å². The van der Waals surface area contributed by atoms with Crippen molar-refractivity contribution in [3.8, 4) is 5.69 Å². The Hall–Kier alpha value is -3.20. The molecular formula is C30H44N6O3. The van der Waals surface area contributed by atoms with Gasteiger partial charge in [-0.05, 0) is 69.7 Å². The Morgan fingerprint density at radius 1 is 1.15 bits per heavy atom. The average Bonchev–Trinajstić information content (AvgIpc) is 3.20. The van der Waals surface area contributed by atoms with Crippen molar-refractivity contribution in [3.63, 3.8) is 0 Å². The highest BCUT2D eigenvalue weighted by atomic mass is 16.2. The molecule has 0 aliphatic carbocycles. The van der Waals surface area contributed by atoms with Crippen molar-refractivity contribution in [3.05, 3.63) is 46.8 Å². The molecule has 1 spiro atoms. The number of rotatable bonds is 9. The minimum atomic E-state index is -0.753. The second-order valence-corrected chi connectivity index (χ2v) is 11.5. The molecule has 1 aromatic heterocycles. The van der Waals surface area contributed by atoms with Gasteiger partial charge in [0.15, 0.2) is 0 Å². The Bertz CT molecular complexity index is 1190. The van der Waals surface area contributed by atoms with Crippen molar-refractivity contribution in [2.45, 2.75) is 84.8 Å². The minimum absolute atomic E-state index is 0.0175. The van der Waals surface area contributed by atoms with Crippen molar-refractivity contribution in [2.75, 3.05) is 26.7 Å². The monoisotopic (exact) mass is 536 g/mol. The summed E-state index contributed by atoms with van der Waals surface area (Å²) in [5.74, 6) is 0.323. The van der Waals surface area contributed by atoms with Crippen LogP contribution >= 0.6 is 0 Å². The zero-order valence-electron chi connectivity index (χ0n) is 24.3. The molecule has 0 unspecified atom stereocenters. The van der Waals surface area contributed by atoms with Crippen LogP contribution in [-0.2, 0) is 16.1 Å². The Morgan fingerprint density at radius 2 is 1.82 bits per heavy atom. The summed E-state index contributed by atoms with van der Waals surface area (Å²) in [7, 11) is 1.62.